The van der Waals surface area contributed by atoms with Crippen molar-refractivity contribution in [2.24, 2.45) is 5.10 Å². The fourth-order valence-electron chi connectivity index (χ4n) is 2.67. The maximum absolute atomic E-state index is 11.3. The maximum Gasteiger partial charge on any atom is 0.352 e. The van der Waals surface area contributed by atoms with E-state index < -0.39 is 5.97 Å². The molecule has 1 heterocycles. The van der Waals surface area contributed by atoms with E-state index in [9.17, 15) is 9.90 Å². The van der Waals surface area contributed by atoms with E-state index >= 15 is 0 Å². The number of hydrogen-bond acceptors (Lipinski definition) is 3. The van der Waals surface area contributed by atoms with Gasteiger partial charge >= 0.3 is 5.97 Å². The van der Waals surface area contributed by atoms with E-state index in [0.29, 0.717) is 6.42 Å². The molecule has 1 atom stereocenters. The van der Waals surface area contributed by atoms with Gasteiger partial charge in [0.1, 0.15) is 5.71 Å². The zero-order valence-corrected chi connectivity index (χ0v) is 16.0. The van der Waals surface area contributed by atoms with Gasteiger partial charge in [-0.3, -0.25) is 5.01 Å². The predicted molar refractivity (Wildman–Crippen MR) is 86.1 cm³/mol. The van der Waals surface area contributed by atoms with Crippen LogP contribution in [-0.2, 0) is 37.5 Å². The van der Waals surface area contributed by atoms with Gasteiger partial charge in [0.25, 0.3) is 0 Å². The number of hydrogen-bond donors (Lipinski definition) is 1. The van der Waals surface area contributed by atoms with Crippen LogP contribution in [0.2, 0.25) is 0 Å². The molecule has 0 amide bonds. The molecule has 0 aromatic heterocycles. The summed E-state index contributed by atoms with van der Waals surface area (Å²) in [4.78, 5) is 11.3. The Balaban J connectivity index is 0.00000192. The molecule has 1 aliphatic rings. The van der Waals surface area contributed by atoms with Crippen LogP contribution in [0.1, 0.15) is 29.2 Å². The number of carboxylic acids is 1. The number of rotatable bonds is 3. The van der Waals surface area contributed by atoms with E-state index in [-0.39, 0.29) is 44.5 Å². The van der Waals surface area contributed by atoms with Crippen LogP contribution in [0, 0.1) is 19.9 Å². The van der Waals surface area contributed by atoms with Gasteiger partial charge < -0.3 is 5.11 Å². The molecule has 5 heteroatoms. The molecule has 0 spiro atoms. The van der Waals surface area contributed by atoms with Gasteiger partial charge in [-0.15, -0.1) is 11.6 Å². The second kappa shape index (κ2) is 7.37. The number of carboxylic acid groups (broad SMARTS) is 1. The van der Waals surface area contributed by atoms with E-state index in [1.807, 2.05) is 61.3 Å². The number of aryl methyl sites for hydroxylation is 2. The van der Waals surface area contributed by atoms with E-state index in [0.717, 1.165) is 16.8 Å². The molecule has 1 radical (unpaired) electrons. The maximum atomic E-state index is 11.3. The third kappa shape index (κ3) is 3.70. The first-order valence-corrected chi connectivity index (χ1v) is 7.19. The van der Waals surface area contributed by atoms with Crippen LogP contribution < -0.4 is 5.01 Å². The van der Waals surface area contributed by atoms with Crippen LogP contribution >= 0.6 is 0 Å². The van der Waals surface area contributed by atoms with Crippen LogP contribution in [-0.4, -0.2) is 16.8 Å². The van der Waals surface area contributed by atoms with Crippen molar-refractivity contribution in [1.82, 2.24) is 0 Å². The Morgan fingerprint density at radius 3 is 2.57 bits per heavy atom. The fourth-order valence-corrected chi connectivity index (χ4v) is 2.67. The van der Waals surface area contributed by atoms with Gasteiger partial charge in [0, 0.05) is 39.1 Å². The van der Waals surface area contributed by atoms with Gasteiger partial charge in [-0.1, -0.05) is 36.8 Å². The zero-order chi connectivity index (χ0) is 15.7. The van der Waals surface area contributed by atoms with Gasteiger partial charge in [-0.25, -0.2) is 4.79 Å². The summed E-state index contributed by atoms with van der Waals surface area (Å²) in [5, 5.41) is 15.4. The first-order valence-electron chi connectivity index (χ1n) is 7.19. The molecule has 1 N–H and O–H groups in total. The number of benzene rings is 2. The first-order chi connectivity index (χ1) is 10.6. The van der Waals surface area contributed by atoms with Crippen molar-refractivity contribution in [3.8, 4) is 0 Å². The second-order valence-corrected chi connectivity index (χ2v) is 5.54. The Bertz CT molecular complexity index is 741. The fraction of sp³-hybridized carbons (Fsp3) is 0.222. The number of anilines is 1. The monoisotopic (exact) mass is 382 g/mol. The average molecular weight is 382 g/mol. The molecule has 0 aliphatic carbocycles. The quantitative estimate of drug-likeness (QED) is 0.827. The van der Waals surface area contributed by atoms with E-state index in [1.54, 1.807) is 0 Å². The summed E-state index contributed by atoms with van der Waals surface area (Å²) in [6.45, 7) is 4.01. The number of nitrogens with zero attached hydrogens (tertiary/aromatic N) is 2. The van der Waals surface area contributed by atoms with Gasteiger partial charge in [-0.05, 0) is 18.2 Å². The summed E-state index contributed by atoms with van der Waals surface area (Å²) < 4.78 is 0. The summed E-state index contributed by atoms with van der Waals surface area (Å²) in [5.74, 6) is -0.959. The molecule has 2 aromatic rings. The summed E-state index contributed by atoms with van der Waals surface area (Å²) >= 11 is 0. The third-order valence-electron chi connectivity index (χ3n) is 3.91. The molecule has 0 saturated carbocycles. The first kappa shape index (κ1) is 17.8. The predicted octanol–water partition coefficient (Wildman–Crippen LogP) is 3.49. The number of carbonyl (C=O) groups is 1. The molecular weight excluding hydrogens is 365 g/mol. The summed E-state index contributed by atoms with van der Waals surface area (Å²) in [7, 11) is 0. The summed E-state index contributed by atoms with van der Waals surface area (Å²) in [6.07, 6.45) is 0.399. The van der Waals surface area contributed by atoms with Crippen molar-refractivity contribution < 1.29 is 42.6 Å². The molecule has 4 nitrogen and oxygen atoms in total. The smallest absolute Gasteiger partial charge is 0.352 e. The molecule has 2 aromatic carbocycles. The Hall–Kier alpha value is -1.52. The molecule has 0 bridgehead atoms. The van der Waals surface area contributed by atoms with Crippen molar-refractivity contribution in [3.63, 3.8) is 0 Å². The minimum atomic E-state index is -0.959. The van der Waals surface area contributed by atoms with E-state index in [2.05, 4.69) is 11.2 Å². The van der Waals surface area contributed by atoms with Gasteiger partial charge in [-0.2, -0.15) is 23.3 Å². The van der Waals surface area contributed by atoms with Crippen LogP contribution in [0.15, 0.2) is 47.6 Å². The minimum absolute atomic E-state index is 0. The molecule has 1 unspecified atom stereocenters. The Morgan fingerprint density at radius 1 is 1.26 bits per heavy atom. The van der Waals surface area contributed by atoms with Crippen LogP contribution in [0.3, 0.4) is 0 Å². The van der Waals surface area contributed by atoms with Crippen LogP contribution in [0.5, 0.6) is 0 Å². The van der Waals surface area contributed by atoms with Crippen LogP contribution in [0.25, 0.3) is 0 Å². The summed E-state index contributed by atoms with van der Waals surface area (Å²) in [6, 6.07) is 16.7. The second-order valence-electron chi connectivity index (χ2n) is 5.54. The van der Waals surface area contributed by atoms with E-state index in [4.69, 9.17) is 0 Å². The van der Waals surface area contributed by atoms with Gasteiger partial charge in [0.15, 0.2) is 0 Å². The van der Waals surface area contributed by atoms with Crippen molar-refractivity contribution in [3.05, 3.63) is 65.2 Å². The van der Waals surface area contributed by atoms with Crippen molar-refractivity contribution in [2.45, 2.75) is 26.3 Å². The minimum Gasteiger partial charge on any atom is -0.477 e. The van der Waals surface area contributed by atoms with Crippen molar-refractivity contribution in [1.29, 1.82) is 0 Å². The van der Waals surface area contributed by atoms with Crippen molar-refractivity contribution >= 4 is 17.4 Å². The topological polar surface area (TPSA) is 52.9 Å². The van der Waals surface area contributed by atoms with Gasteiger partial charge in [0.05, 0.1) is 6.04 Å². The average Bonchev–Trinajstić information content (AvgIpc) is 2.94. The molecule has 1 aliphatic heterocycles. The number of aliphatic carboxylic acids is 1. The Morgan fingerprint density at radius 2 is 1.96 bits per heavy atom. The molecule has 3 rings (SSSR count). The Labute approximate surface area is 161 Å². The normalized spacial score (nSPS) is 16.7. The molecule has 0 saturated heterocycles. The molecular formula is C18H17N2O2Y-. The Kier molecular flexibility index (Phi) is 5.71. The van der Waals surface area contributed by atoms with E-state index in [1.165, 1.54) is 5.56 Å². The zero-order valence-electron chi connectivity index (χ0n) is 13.2. The molecule has 0 fully saturated rings. The molecule has 115 valence electrons. The number of hydrazone groups is 1. The van der Waals surface area contributed by atoms with Crippen molar-refractivity contribution in [2.75, 3.05) is 5.01 Å². The SMILES string of the molecule is Cc1ccc(C2CC(C(=O)O)=NN2c2cc[c-]cc2C)cc1.[Y]. The molecule has 23 heavy (non-hydrogen) atoms. The standard InChI is InChI=1S/C18H17N2O2.Y/c1-12-7-9-14(10-8-12)17-11-15(18(21)22)19-20(17)16-6-4-3-5-13(16)2;/h4-10,17H,11H2,1-2H3,(H,21,22);/q-1;. The van der Waals surface area contributed by atoms with Gasteiger partial charge in [0.2, 0.25) is 0 Å². The third-order valence-corrected chi connectivity index (χ3v) is 3.91. The largest absolute Gasteiger partial charge is 0.477 e. The summed E-state index contributed by atoms with van der Waals surface area (Å²) in [5.41, 5.74) is 4.38. The van der Waals surface area contributed by atoms with Crippen LogP contribution in [0.4, 0.5) is 5.69 Å².